The van der Waals surface area contributed by atoms with E-state index in [1.54, 1.807) is 45.0 Å². The van der Waals surface area contributed by atoms with Crippen molar-refractivity contribution in [3.05, 3.63) is 108 Å². The maximum absolute atomic E-state index is 13.5. The van der Waals surface area contributed by atoms with Crippen molar-refractivity contribution >= 4 is 39.9 Å². The van der Waals surface area contributed by atoms with Crippen LogP contribution in [0.25, 0.3) is 10.2 Å². The number of amides is 4. The first-order chi connectivity index (χ1) is 21.3. The monoisotopic (exact) mass is 614 g/mol. The number of aromatic nitrogens is 1. The van der Waals surface area contributed by atoms with Gasteiger partial charge in [-0.25, -0.2) is 19.8 Å². The lowest BCUT2D eigenvalue weighted by Crippen LogP contribution is -2.67. The van der Waals surface area contributed by atoms with E-state index in [0.29, 0.717) is 38.3 Å². The Morgan fingerprint density at radius 1 is 1.14 bits per heavy atom. The Hall–Kier alpha value is -4.74. The molecule has 2 N–H and O–H groups in total. The molecule has 230 valence electrons. The Kier molecular flexibility index (Phi) is 11.4. The molecule has 1 fully saturated rings. The number of nitrogens with zero attached hydrogens (tertiary/aromatic N) is 5. The van der Waals surface area contributed by atoms with Crippen molar-refractivity contribution in [2.45, 2.75) is 33.1 Å². The Morgan fingerprint density at radius 2 is 1.89 bits per heavy atom. The van der Waals surface area contributed by atoms with Crippen molar-refractivity contribution in [1.29, 1.82) is 0 Å². The summed E-state index contributed by atoms with van der Waals surface area (Å²) in [5.74, 6) is 0.151. The Bertz CT molecular complexity index is 1520. The second-order valence-corrected chi connectivity index (χ2v) is 11.2. The Balaban J connectivity index is 0.000000479. The molecule has 1 atom stereocenters. The fourth-order valence-electron chi connectivity index (χ4n) is 4.89. The van der Waals surface area contributed by atoms with Crippen LogP contribution in [0.5, 0.6) is 5.75 Å². The first kappa shape index (κ1) is 32.2. The SMILES string of the molecule is C=CCN(CC)N(C(=O)NCc1ccccc1)C1CN(Cc2cccc3scnc23)C(=O)CN1C=O.Cc1ccc(O)cc1. The largest absolute Gasteiger partial charge is 0.508 e. The molecular formula is C33H38N6O4S. The molecule has 4 aromatic rings. The number of rotatable bonds is 10. The molecule has 2 heterocycles. The van der Waals surface area contributed by atoms with Gasteiger partial charge in [-0.15, -0.1) is 17.9 Å². The van der Waals surface area contributed by atoms with Gasteiger partial charge in [0.2, 0.25) is 12.3 Å². The number of phenols is 1. The van der Waals surface area contributed by atoms with Crippen LogP contribution in [-0.2, 0) is 22.7 Å². The predicted molar refractivity (Wildman–Crippen MR) is 172 cm³/mol. The zero-order chi connectivity index (χ0) is 31.5. The van der Waals surface area contributed by atoms with Crippen LogP contribution in [0, 0.1) is 6.92 Å². The molecule has 0 bridgehead atoms. The number of likely N-dealkylation sites (N-methyl/N-ethyl adjacent to an activating group) is 1. The van der Waals surface area contributed by atoms with Gasteiger partial charge >= 0.3 is 6.03 Å². The summed E-state index contributed by atoms with van der Waals surface area (Å²) in [5, 5.41) is 15.1. The van der Waals surface area contributed by atoms with Crippen molar-refractivity contribution in [3.63, 3.8) is 0 Å². The van der Waals surface area contributed by atoms with E-state index in [-0.39, 0.29) is 25.0 Å². The van der Waals surface area contributed by atoms with Gasteiger partial charge in [0.1, 0.15) is 18.5 Å². The number of fused-ring (bicyclic) bond motifs is 1. The van der Waals surface area contributed by atoms with Crippen LogP contribution in [0.1, 0.15) is 23.6 Å². The lowest BCUT2D eigenvalue weighted by molar-refractivity contribution is -0.157. The number of nitrogens with one attached hydrogen (secondary N) is 1. The summed E-state index contributed by atoms with van der Waals surface area (Å²) in [6, 6.07) is 22.3. The van der Waals surface area contributed by atoms with Gasteiger partial charge in [0.05, 0.1) is 22.3 Å². The molecule has 10 nitrogen and oxygen atoms in total. The van der Waals surface area contributed by atoms with E-state index in [2.05, 4.69) is 16.9 Å². The summed E-state index contributed by atoms with van der Waals surface area (Å²) >= 11 is 1.55. The van der Waals surface area contributed by atoms with Crippen LogP contribution in [0.2, 0.25) is 0 Å². The molecule has 1 aliphatic heterocycles. The molecule has 1 unspecified atom stereocenters. The molecule has 44 heavy (non-hydrogen) atoms. The summed E-state index contributed by atoms with van der Waals surface area (Å²) in [7, 11) is 0. The third-order valence-electron chi connectivity index (χ3n) is 7.20. The molecule has 0 spiro atoms. The molecule has 0 aliphatic carbocycles. The third-order valence-corrected chi connectivity index (χ3v) is 7.99. The molecule has 0 radical (unpaired) electrons. The van der Waals surface area contributed by atoms with Crippen molar-refractivity contribution in [3.8, 4) is 5.75 Å². The number of hydrazine groups is 1. The number of piperazine rings is 1. The highest BCUT2D eigenvalue weighted by Gasteiger charge is 2.39. The third kappa shape index (κ3) is 8.21. The predicted octanol–water partition coefficient (Wildman–Crippen LogP) is 4.76. The highest BCUT2D eigenvalue weighted by molar-refractivity contribution is 7.16. The van der Waals surface area contributed by atoms with E-state index in [0.717, 1.165) is 21.3 Å². The van der Waals surface area contributed by atoms with Crippen LogP contribution in [0.15, 0.2) is 91.0 Å². The quantitative estimate of drug-likeness (QED) is 0.152. The van der Waals surface area contributed by atoms with E-state index in [1.807, 2.05) is 79.5 Å². The fourth-order valence-corrected chi connectivity index (χ4v) is 5.62. The van der Waals surface area contributed by atoms with Gasteiger partial charge in [0.25, 0.3) is 0 Å². The molecule has 11 heteroatoms. The minimum atomic E-state index is -0.675. The molecule has 1 aliphatic rings. The standard InChI is InChI=1S/C26H30N6O3S.C7H8O/c1-3-13-31(4-2)32(26(35)27-14-20-9-6-5-7-10-20)23-16-29(24(34)17-30(23)19-33)15-21-11-8-12-22-25(21)28-18-36-22;1-6-2-4-7(8)5-3-6/h3,5-12,18-19,23H,1,4,13-17H2,2H3,(H,27,35);2-5,8H,1H3. The topological polar surface area (TPSA) is 109 Å². The second-order valence-electron chi connectivity index (χ2n) is 10.3. The number of hydrogen-bond donors (Lipinski definition) is 2. The van der Waals surface area contributed by atoms with Crippen LogP contribution in [-0.4, -0.2) is 80.6 Å². The lowest BCUT2D eigenvalue weighted by atomic mass is 10.1. The number of benzene rings is 3. The first-order valence-electron chi connectivity index (χ1n) is 14.4. The number of thiazole rings is 1. The first-order valence-corrected chi connectivity index (χ1v) is 15.2. The van der Waals surface area contributed by atoms with Gasteiger partial charge in [0.15, 0.2) is 0 Å². The van der Waals surface area contributed by atoms with E-state index < -0.39 is 6.17 Å². The number of aryl methyl sites for hydroxylation is 1. The molecule has 0 saturated carbocycles. The maximum atomic E-state index is 13.5. The summed E-state index contributed by atoms with van der Waals surface area (Å²) in [6.45, 7) is 9.40. The van der Waals surface area contributed by atoms with Crippen molar-refractivity contribution < 1.29 is 19.5 Å². The van der Waals surface area contributed by atoms with E-state index in [9.17, 15) is 14.4 Å². The van der Waals surface area contributed by atoms with Gasteiger partial charge in [-0.2, -0.15) is 0 Å². The van der Waals surface area contributed by atoms with Gasteiger partial charge in [0, 0.05) is 26.2 Å². The number of hydrogen-bond acceptors (Lipinski definition) is 7. The zero-order valence-electron chi connectivity index (χ0n) is 25.0. The summed E-state index contributed by atoms with van der Waals surface area (Å²) in [4.78, 5) is 46.1. The fraction of sp³-hybridized carbons (Fsp3) is 0.273. The summed E-state index contributed by atoms with van der Waals surface area (Å²) in [6.07, 6.45) is 1.67. The molecule has 4 amide bonds. The van der Waals surface area contributed by atoms with E-state index in [4.69, 9.17) is 5.11 Å². The van der Waals surface area contributed by atoms with E-state index in [1.165, 1.54) is 10.5 Å². The Labute approximate surface area is 261 Å². The number of carbonyl (C=O) groups excluding carboxylic acids is 3. The van der Waals surface area contributed by atoms with Crippen LogP contribution >= 0.6 is 11.3 Å². The summed E-state index contributed by atoms with van der Waals surface area (Å²) in [5.41, 5.74) is 5.71. The number of aromatic hydroxyl groups is 1. The van der Waals surface area contributed by atoms with Crippen molar-refractivity contribution in [1.82, 2.24) is 30.1 Å². The average molecular weight is 615 g/mol. The average Bonchev–Trinajstić information content (AvgIpc) is 3.53. The number of urea groups is 1. The summed E-state index contributed by atoms with van der Waals surface area (Å²) < 4.78 is 1.05. The Morgan fingerprint density at radius 3 is 2.55 bits per heavy atom. The number of carbonyl (C=O) groups is 3. The lowest BCUT2D eigenvalue weighted by Gasteiger charge is -2.47. The molecule has 3 aromatic carbocycles. The normalized spacial score (nSPS) is 14.6. The molecule has 5 rings (SSSR count). The van der Waals surface area contributed by atoms with Crippen LogP contribution in [0.4, 0.5) is 4.79 Å². The van der Waals surface area contributed by atoms with Crippen LogP contribution in [0.3, 0.4) is 0 Å². The molecule has 1 aromatic heterocycles. The molecular weight excluding hydrogens is 576 g/mol. The van der Waals surface area contributed by atoms with E-state index >= 15 is 0 Å². The second kappa shape index (κ2) is 15.6. The van der Waals surface area contributed by atoms with Crippen LogP contribution < -0.4 is 5.32 Å². The van der Waals surface area contributed by atoms with Gasteiger partial charge < -0.3 is 20.2 Å². The van der Waals surface area contributed by atoms with Crippen molar-refractivity contribution in [2.75, 3.05) is 26.2 Å². The number of phenolic OH excluding ortho intramolecular Hbond substituents is 1. The minimum Gasteiger partial charge on any atom is -0.508 e. The highest BCUT2D eigenvalue weighted by atomic mass is 32.1. The van der Waals surface area contributed by atoms with Gasteiger partial charge in [-0.05, 0) is 36.2 Å². The number of para-hydroxylation sites is 1. The smallest absolute Gasteiger partial charge is 0.334 e. The zero-order valence-corrected chi connectivity index (χ0v) is 25.8. The van der Waals surface area contributed by atoms with Crippen molar-refractivity contribution in [2.24, 2.45) is 0 Å². The highest BCUT2D eigenvalue weighted by Crippen LogP contribution is 2.24. The van der Waals surface area contributed by atoms with Gasteiger partial charge in [-0.3, -0.25) is 9.59 Å². The molecule has 1 saturated heterocycles. The van der Waals surface area contributed by atoms with Gasteiger partial charge in [-0.1, -0.05) is 73.2 Å². The minimum absolute atomic E-state index is 0.116. The maximum Gasteiger partial charge on any atom is 0.334 e.